The van der Waals surface area contributed by atoms with Gasteiger partial charge < -0.3 is 0 Å². The summed E-state index contributed by atoms with van der Waals surface area (Å²) >= 11 is 0. The van der Waals surface area contributed by atoms with Crippen molar-refractivity contribution < 1.29 is 0 Å². The van der Waals surface area contributed by atoms with Gasteiger partial charge >= 0.3 is 59.1 Å². The molecule has 0 aliphatic heterocycles. The van der Waals surface area contributed by atoms with Crippen LogP contribution < -0.4 is 0 Å². The van der Waals surface area contributed by atoms with E-state index in [1.54, 1.807) is 0 Å². The van der Waals surface area contributed by atoms with Gasteiger partial charge in [-0.3, -0.25) is 0 Å². The van der Waals surface area contributed by atoms with Crippen LogP contribution in [0.15, 0.2) is 36.4 Å². The second-order valence-electron chi connectivity index (χ2n) is 2.20. The minimum atomic E-state index is 1.06. The molecule has 0 atom stereocenters. The van der Waals surface area contributed by atoms with Crippen LogP contribution in [0.3, 0.4) is 0 Å². The van der Waals surface area contributed by atoms with E-state index in [1.807, 2.05) is 30.4 Å². The molecule has 0 radical (unpaired) electrons. The van der Waals surface area contributed by atoms with Gasteiger partial charge in [0.1, 0.15) is 0 Å². The van der Waals surface area contributed by atoms with Crippen molar-refractivity contribution in [2.24, 2.45) is 0 Å². The molecule has 2 rings (SSSR count). The number of hydrogen-bond acceptors (Lipinski definition) is 1. The number of fused-ring (bicyclic) bond motifs is 1. The number of hydrogen-bond donors (Lipinski definition) is 0. The van der Waals surface area contributed by atoms with Gasteiger partial charge in [-0.2, -0.15) is 0 Å². The molecule has 1 aromatic heterocycles. The number of benzene rings is 1. The maximum atomic E-state index is 4.18. The van der Waals surface area contributed by atoms with Gasteiger partial charge in [-0.1, -0.05) is 0 Å². The minimum absolute atomic E-state index is 1.06. The van der Waals surface area contributed by atoms with Crippen LogP contribution in [0.5, 0.6) is 0 Å². The first-order valence-corrected chi connectivity index (χ1v) is 3.26. The Bertz CT molecular complexity index is 280. The predicted octanol–water partition coefficient (Wildman–Crippen LogP) is 1.57. The molecule has 0 bridgehead atoms. The van der Waals surface area contributed by atoms with Crippen LogP contribution in [-0.4, -0.2) is 11.9 Å². The third-order valence-corrected chi connectivity index (χ3v) is 1.51. The standard InChI is InChI=1S/C8H6BN/c1-2-4-8-7(3-1)9-5-6-10-8/h1-6H. The van der Waals surface area contributed by atoms with E-state index in [2.05, 4.69) is 18.0 Å². The Morgan fingerprint density at radius 2 is 2.10 bits per heavy atom. The number of para-hydroxylation sites is 1. The molecule has 10 heavy (non-hydrogen) atoms. The summed E-state index contributed by atoms with van der Waals surface area (Å²) in [6, 6.07) is 8.08. The van der Waals surface area contributed by atoms with E-state index in [-0.39, 0.29) is 0 Å². The Kier molecular flexibility index (Phi) is 1.24. The van der Waals surface area contributed by atoms with E-state index >= 15 is 0 Å². The van der Waals surface area contributed by atoms with Crippen molar-refractivity contribution >= 4 is 17.7 Å². The van der Waals surface area contributed by atoms with Crippen molar-refractivity contribution in [1.82, 2.24) is 4.98 Å². The van der Waals surface area contributed by atoms with Crippen molar-refractivity contribution in [1.29, 1.82) is 0 Å². The van der Waals surface area contributed by atoms with E-state index in [0.29, 0.717) is 0 Å². The first kappa shape index (κ1) is 5.60. The SMILES string of the molecule is b1ccnc2ccccc12. The quantitative estimate of drug-likeness (QED) is 0.523. The zero-order valence-corrected chi connectivity index (χ0v) is 5.49. The molecule has 46 valence electrons. The van der Waals surface area contributed by atoms with E-state index < -0.39 is 0 Å². The van der Waals surface area contributed by atoms with Crippen LogP contribution in [0.25, 0.3) is 10.8 Å². The van der Waals surface area contributed by atoms with E-state index in [1.165, 1.54) is 5.28 Å². The Morgan fingerprint density at radius 1 is 1.20 bits per heavy atom. The van der Waals surface area contributed by atoms with Gasteiger partial charge in [0.2, 0.25) is 0 Å². The molecule has 1 aromatic carbocycles. The van der Waals surface area contributed by atoms with E-state index in [4.69, 9.17) is 0 Å². The molecule has 0 unspecified atom stereocenters. The number of rotatable bonds is 0. The van der Waals surface area contributed by atoms with Crippen LogP contribution in [0, 0.1) is 0 Å². The average Bonchev–Trinajstić information content (AvgIpc) is 2.05. The number of aromatic nitrogens is 1. The summed E-state index contributed by atoms with van der Waals surface area (Å²) in [4.78, 5) is 4.18. The zero-order chi connectivity index (χ0) is 6.81. The van der Waals surface area contributed by atoms with Crippen molar-refractivity contribution in [3.8, 4) is 0 Å². The van der Waals surface area contributed by atoms with Crippen LogP contribution in [0.4, 0.5) is 0 Å². The summed E-state index contributed by atoms with van der Waals surface area (Å²) in [5, 5.41) is 1.20. The topological polar surface area (TPSA) is 12.9 Å². The third kappa shape index (κ3) is 0.818. The normalized spacial score (nSPS) is 9.60. The molecule has 0 aliphatic carbocycles. The first-order valence-electron chi connectivity index (χ1n) is 3.26. The summed E-state index contributed by atoms with van der Waals surface area (Å²) in [7, 11) is 0. The summed E-state index contributed by atoms with van der Waals surface area (Å²) < 4.78 is 0. The fourth-order valence-electron chi connectivity index (χ4n) is 1.02. The van der Waals surface area contributed by atoms with Gasteiger partial charge in [-0.05, 0) is 0 Å². The van der Waals surface area contributed by atoms with Gasteiger partial charge in [0.05, 0.1) is 0 Å². The van der Waals surface area contributed by atoms with Crippen molar-refractivity contribution in [3.63, 3.8) is 0 Å². The van der Waals surface area contributed by atoms with Gasteiger partial charge in [0.25, 0.3) is 0 Å². The Morgan fingerprint density at radius 3 is 3.00 bits per heavy atom. The summed E-state index contributed by atoms with van der Waals surface area (Å²) in [6.45, 7) is 2.06. The molecule has 2 heteroatoms. The molecule has 0 N–H and O–H groups in total. The summed E-state index contributed by atoms with van der Waals surface area (Å²) in [6.07, 6.45) is 1.81. The average molecular weight is 127 g/mol. The van der Waals surface area contributed by atoms with Gasteiger partial charge in [-0.25, -0.2) is 0 Å². The summed E-state index contributed by atoms with van der Waals surface area (Å²) in [5.74, 6) is 1.95. The van der Waals surface area contributed by atoms with Crippen LogP contribution in [0.2, 0.25) is 0 Å². The van der Waals surface area contributed by atoms with Crippen LogP contribution in [0.1, 0.15) is 0 Å². The molecule has 2 aromatic rings. The third-order valence-electron chi connectivity index (χ3n) is 1.51. The van der Waals surface area contributed by atoms with Gasteiger partial charge in [0.15, 0.2) is 0 Å². The maximum absolute atomic E-state index is 4.18. The van der Waals surface area contributed by atoms with Crippen molar-refractivity contribution in [2.45, 2.75) is 0 Å². The zero-order valence-electron chi connectivity index (χ0n) is 5.49. The fourth-order valence-corrected chi connectivity index (χ4v) is 1.02. The second-order valence-corrected chi connectivity index (χ2v) is 2.20. The predicted molar refractivity (Wildman–Crippen MR) is 43.1 cm³/mol. The Hall–Kier alpha value is -1.18. The van der Waals surface area contributed by atoms with E-state index in [9.17, 15) is 0 Å². The van der Waals surface area contributed by atoms with Crippen molar-refractivity contribution in [2.75, 3.05) is 0 Å². The Balaban J connectivity index is 2.89. The fraction of sp³-hybridized carbons (Fsp3) is 0. The summed E-state index contributed by atoms with van der Waals surface area (Å²) in [5.41, 5.74) is 1.06. The van der Waals surface area contributed by atoms with Gasteiger partial charge in [0, 0.05) is 0 Å². The van der Waals surface area contributed by atoms with Crippen molar-refractivity contribution in [3.05, 3.63) is 36.4 Å². The molecule has 0 amide bonds. The molecular weight excluding hydrogens is 121 g/mol. The molecular formula is C8H6BN. The monoisotopic (exact) mass is 127 g/mol. The molecule has 0 spiro atoms. The molecule has 1 heterocycles. The molecule has 0 saturated heterocycles. The van der Waals surface area contributed by atoms with Crippen LogP contribution >= 0.6 is 0 Å². The molecule has 0 saturated carbocycles. The van der Waals surface area contributed by atoms with E-state index in [0.717, 1.165) is 5.52 Å². The molecule has 0 fully saturated rings. The van der Waals surface area contributed by atoms with Crippen LogP contribution in [-0.2, 0) is 0 Å². The first-order chi connectivity index (χ1) is 4.97. The van der Waals surface area contributed by atoms with Gasteiger partial charge in [-0.15, -0.1) is 0 Å². The molecule has 0 aliphatic rings. The second kappa shape index (κ2) is 2.22. The molecule has 1 nitrogen and oxygen atoms in total. The Labute approximate surface area is 59.9 Å². The number of nitrogens with zero attached hydrogens (tertiary/aromatic N) is 1.